The van der Waals surface area contributed by atoms with E-state index in [1.165, 1.54) is 6.92 Å². The summed E-state index contributed by atoms with van der Waals surface area (Å²) in [5.41, 5.74) is 3.50. The Bertz CT molecular complexity index is 929. The summed E-state index contributed by atoms with van der Waals surface area (Å²) in [7, 11) is 0. The third kappa shape index (κ3) is 3.85. The average molecular weight is 337 g/mol. The molecule has 0 bridgehead atoms. The summed E-state index contributed by atoms with van der Waals surface area (Å²) in [4.78, 5) is 27.9. The number of carbonyl (C=O) groups excluding carboxylic acids is 2. The number of rotatable bonds is 5. The number of nitrogens with one attached hydrogen (secondary N) is 2. The molecule has 1 amide bonds. The van der Waals surface area contributed by atoms with Crippen LogP contribution in [-0.2, 0) is 4.79 Å². The molecule has 0 fully saturated rings. The van der Waals surface area contributed by atoms with Gasteiger partial charge in [-0.1, -0.05) is 0 Å². The second kappa shape index (κ2) is 6.76. The van der Waals surface area contributed by atoms with E-state index in [0.717, 1.165) is 11.2 Å². The van der Waals surface area contributed by atoms with Crippen molar-refractivity contribution in [2.75, 3.05) is 10.6 Å². The molecule has 0 spiro atoms. The van der Waals surface area contributed by atoms with E-state index >= 15 is 0 Å². The Kier molecular flexibility index (Phi) is 4.52. The minimum Gasteiger partial charge on any atom is -0.441 e. The van der Waals surface area contributed by atoms with Gasteiger partial charge in [-0.15, -0.1) is 0 Å². The van der Waals surface area contributed by atoms with E-state index in [4.69, 9.17) is 4.42 Å². The van der Waals surface area contributed by atoms with Crippen LogP contribution in [0.5, 0.6) is 0 Å². The molecule has 3 rings (SSSR count). The number of aryl methyl sites for hydroxylation is 1. The molecule has 25 heavy (non-hydrogen) atoms. The average Bonchev–Trinajstić information content (AvgIpc) is 2.94. The maximum atomic E-state index is 12.3. The first kappa shape index (κ1) is 16.7. The lowest BCUT2D eigenvalue weighted by Gasteiger charge is -2.15. The molecule has 1 aromatic heterocycles. The Morgan fingerprint density at radius 3 is 2.44 bits per heavy atom. The Morgan fingerprint density at radius 1 is 1.08 bits per heavy atom. The summed E-state index contributed by atoms with van der Waals surface area (Å²) in [6.45, 7) is 5.07. The summed E-state index contributed by atoms with van der Waals surface area (Å²) in [5.74, 6) is 0.422. The molecule has 0 aliphatic rings. The standard InChI is InChI=1S/C19H19N3O3/c1-11(19(24)22-15-6-4-14(5-7-15)12(2)23)20-16-8-9-18-17(10-16)21-13(3)25-18/h4-11,20H,1-3H3,(H,22,24). The summed E-state index contributed by atoms with van der Waals surface area (Å²) >= 11 is 0. The number of nitrogens with zero attached hydrogens (tertiary/aromatic N) is 1. The van der Waals surface area contributed by atoms with Crippen molar-refractivity contribution in [2.45, 2.75) is 26.8 Å². The van der Waals surface area contributed by atoms with Crippen LogP contribution in [0, 0.1) is 6.92 Å². The molecular weight excluding hydrogens is 318 g/mol. The fraction of sp³-hybridized carbons (Fsp3) is 0.211. The second-order valence-corrected chi connectivity index (χ2v) is 5.90. The lowest BCUT2D eigenvalue weighted by Crippen LogP contribution is -2.31. The highest BCUT2D eigenvalue weighted by atomic mass is 16.3. The van der Waals surface area contributed by atoms with Crippen LogP contribution in [0.4, 0.5) is 11.4 Å². The number of aromatic nitrogens is 1. The highest BCUT2D eigenvalue weighted by Crippen LogP contribution is 2.20. The zero-order valence-corrected chi connectivity index (χ0v) is 14.3. The van der Waals surface area contributed by atoms with Crippen LogP contribution < -0.4 is 10.6 Å². The molecule has 2 aromatic carbocycles. The molecule has 3 aromatic rings. The number of benzene rings is 2. The maximum absolute atomic E-state index is 12.3. The smallest absolute Gasteiger partial charge is 0.246 e. The highest BCUT2D eigenvalue weighted by molar-refractivity contribution is 5.98. The van der Waals surface area contributed by atoms with Gasteiger partial charge < -0.3 is 15.1 Å². The molecule has 6 heteroatoms. The number of hydrogen-bond acceptors (Lipinski definition) is 5. The van der Waals surface area contributed by atoms with Gasteiger partial charge in [0.15, 0.2) is 17.3 Å². The Morgan fingerprint density at radius 2 is 1.76 bits per heavy atom. The lowest BCUT2D eigenvalue weighted by atomic mass is 10.1. The van der Waals surface area contributed by atoms with E-state index in [0.29, 0.717) is 22.7 Å². The van der Waals surface area contributed by atoms with Gasteiger partial charge in [-0.05, 0) is 56.3 Å². The quantitative estimate of drug-likeness (QED) is 0.692. The molecule has 1 heterocycles. The van der Waals surface area contributed by atoms with Crippen LogP contribution in [0.3, 0.4) is 0 Å². The van der Waals surface area contributed by atoms with E-state index in [2.05, 4.69) is 15.6 Å². The number of fused-ring (bicyclic) bond motifs is 1. The molecule has 0 aliphatic carbocycles. The number of hydrogen-bond donors (Lipinski definition) is 2. The summed E-state index contributed by atoms with van der Waals surface area (Å²) < 4.78 is 5.44. The topological polar surface area (TPSA) is 84.2 Å². The maximum Gasteiger partial charge on any atom is 0.246 e. The molecule has 2 N–H and O–H groups in total. The van der Waals surface area contributed by atoms with Crippen molar-refractivity contribution in [1.82, 2.24) is 4.98 Å². The fourth-order valence-electron chi connectivity index (χ4n) is 2.49. The predicted molar refractivity (Wildman–Crippen MR) is 96.9 cm³/mol. The van der Waals surface area contributed by atoms with Crippen LogP contribution in [-0.4, -0.2) is 22.7 Å². The molecule has 0 aliphatic heterocycles. The van der Waals surface area contributed by atoms with E-state index < -0.39 is 6.04 Å². The van der Waals surface area contributed by atoms with E-state index in [1.54, 1.807) is 38.1 Å². The minimum atomic E-state index is -0.446. The van der Waals surface area contributed by atoms with Crippen molar-refractivity contribution in [3.63, 3.8) is 0 Å². The van der Waals surface area contributed by atoms with Gasteiger partial charge in [0.05, 0.1) is 0 Å². The molecule has 0 saturated heterocycles. The van der Waals surface area contributed by atoms with Crippen LogP contribution in [0.25, 0.3) is 11.1 Å². The van der Waals surface area contributed by atoms with Crippen molar-refractivity contribution in [1.29, 1.82) is 0 Å². The lowest BCUT2D eigenvalue weighted by molar-refractivity contribution is -0.116. The van der Waals surface area contributed by atoms with Crippen molar-refractivity contribution in [3.05, 3.63) is 53.9 Å². The van der Waals surface area contributed by atoms with Crippen LogP contribution in [0.1, 0.15) is 30.1 Å². The number of ketones is 1. The zero-order chi connectivity index (χ0) is 18.0. The van der Waals surface area contributed by atoms with Gasteiger partial charge in [-0.25, -0.2) is 4.98 Å². The SMILES string of the molecule is CC(=O)c1ccc(NC(=O)C(C)Nc2ccc3oc(C)nc3c2)cc1. The molecular formula is C19H19N3O3. The zero-order valence-electron chi connectivity index (χ0n) is 14.3. The number of amides is 1. The Hall–Kier alpha value is -3.15. The van der Waals surface area contributed by atoms with E-state index in [9.17, 15) is 9.59 Å². The predicted octanol–water partition coefficient (Wildman–Crippen LogP) is 3.78. The molecule has 0 radical (unpaired) electrons. The van der Waals surface area contributed by atoms with Crippen LogP contribution >= 0.6 is 0 Å². The highest BCUT2D eigenvalue weighted by Gasteiger charge is 2.14. The molecule has 128 valence electrons. The van der Waals surface area contributed by atoms with Crippen molar-refractivity contribution >= 4 is 34.2 Å². The van der Waals surface area contributed by atoms with Gasteiger partial charge in [0, 0.05) is 23.9 Å². The number of carbonyl (C=O) groups is 2. The van der Waals surface area contributed by atoms with Gasteiger partial charge in [-0.3, -0.25) is 9.59 Å². The minimum absolute atomic E-state index is 0.00797. The van der Waals surface area contributed by atoms with Gasteiger partial charge in [0.1, 0.15) is 11.6 Å². The van der Waals surface area contributed by atoms with Gasteiger partial charge in [-0.2, -0.15) is 0 Å². The van der Waals surface area contributed by atoms with Crippen LogP contribution in [0.15, 0.2) is 46.9 Å². The third-order valence-corrected chi connectivity index (χ3v) is 3.83. The first-order chi connectivity index (χ1) is 11.9. The number of oxazole rings is 1. The Labute approximate surface area is 145 Å². The van der Waals surface area contributed by atoms with Crippen molar-refractivity contribution in [2.24, 2.45) is 0 Å². The fourth-order valence-corrected chi connectivity index (χ4v) is 2.49. The molecule has 6 nitrogen and oxygen atoms in total. The van der Waals surface area contributed by atoms with E-state index in [1.807, 2.05) is 18.2 Å². The molecule has 1 atom stereocenters. The monoisotopic (exact) mass is 337 g/mol. The van der Waals surface area contributed by atoms with Crippen LogP contribution in [0.2, 0.25) is 0 Å². The van der Waals surface area contributed by atoms with E-state index in [-0.39, 0.29) is 11.7 Å². The van der Waals surface area contributed by atoms with Gasteiger partial charge >= 0.3 is 0 Å². The van der Waals surface area contributed by atoms with Gasteiger partial charge in [0.2, 0.25) is 5.91 Å². The van der Waals surface area contributed by atoms with Gasteiger partial charge in [0.25, 0.3) is 0 Å². The molecule has 1 unspecified atom stereocenters. The first-order valence-corrected chi connectivity index (χ1v) is 7.98. The van der Waals surface area contributed by atoms with Crippen molar-refractivity contribution < 1.29 is 14.0 Å². The summed E-state index contributed by atoms with van der Waals surface area (Å²) in [5, 5.41) is 5.97. The summed E-state index contributed by atoms with van der Waals surface area (Å²) in [6, 6.07) is 11.9. The number of anilines is 2. The normalized spacial score (nSPS) is 12.0. The Balaban J connectivity index is 1.65. The second-order valence-electron chi connectivity index (χ2n) is 5.90. The third-order valence-electron chi connectivity index (χ3n) is 3.83. The largest absolute Gasteiger partial charge is 0.441 e. The molecule has 0 saturated carbocycles. The summed E-state index contributed by atoms with van der Waals surface area (Å²) in [6.07, 6.45) is 0. The first-order valence-electron chi connectivity index (χ1n) is 7.98. The number of Topliss-reactive ketones (excluding diaryl/α,β-unsaturated/α-hetero) is 1. The van der Waals surface area contributed by atoms with Crippen molar-refractivity contribution in [3.8, 4) is 0 Å².